The average Bonchev–Trinajstić information content (AvgIpc) is 2.29. The zero-order chi connectivity index (χ0) is 11.4. The summed E-state index contributed by atoms with van der Waals surface area (Å²) >= 11 is 0. The Bertz CT molecular complexity index is 350. The summed E-state index contributed by atoms with van der Waals surface area (Å²) in [6, 6.07) is 4.48. The monoisotopic (exact) mass is 218 g/mol. The molecule has 86 valence electrons. The highest BCUT2D eigenvalue weighted by Gasteiger charge is 2.22. The fourth-order valence-corrected chi connectivity index (χ4v) is 2.20. The lowest BCUT2D eigenvalue weighted by Gasteiger charge is -2.32. The van der Waals surface area contributed by atoms with Gasteiger partial charge >= 0.3 is 0 Å². The van der Waals surface area contributed by atoms with Gasteiger partial charge in [-0.2, -0.15) is 0 Å². The van der Waals surface area contributed by atoms with Crippen molar-refractivity contribution in [2.75, 3.05) is 13.1 Å². The fraction of sp³-hybridized carbons (Fsp3) is 0.538. The molecule has 1 unspecified atom stereocenters. The maximum atomic E-state index is 11.3. The first kappa shape index (κ1) is 11.3. The van der Waals surface area contributed by atoms with Crippen LogP contribution in [0.3, 0.4) is 0 Å². The van der Waals surface area contributed by atoms with Gasteiger partial charge in [0.15, 0.2) is 0 Å². The number of carbonyl (C=O) groups is 1. The highest BCUT2D eigenvalue weighted by molar-refractivity contribution is 5.79. The van der Waals surface area contributed by atoms with Crippen molar-refractivity contribution in [3.8, 4) is 0 Å². The molecule has 1 atom stereocenters. The Balaban J connectivity index is 1.84. The Morgan fingerprint density at radius 2 is 2.44 bits per heavy atom. The number of Topliss-reactive ketones (excluding diaryl/α,β-unsaturated/α-hetero) is 1. The van der Waals surface area contributed by atoms with Crippen molar-refractivity contribution in [3.05, 3.63) is 30.1 Å². The van der Waals surface area contributed by atoms with Crippen LogP contribution in [0, 0.1) is 0 Å². The van der Waals surface area contributed by atoms with Crippen LogP contribution in [0.15, 0.2) is 24.5 Å². The standard InChI is InChI=1S/C13H18N2O/c1-11-9-13(16)5-8-15(11)7-4-12-3-2-6-14-10-12/h2-3,6,10-11H,4-5,7-9H2,1H3. The number of nitrogens with zero attached hydrogens (tertiary/aromatic N) is 2. The molecule has 1 aromatic heterocycles. The number of aromatic nitrogens is 1. The number of carbonyl (C=O) groups excluding carboxylic acids is 1. The first-order valence-electron chi connectivity index (χ1n) is 5.90. The minimum Gasteiger partial charge on any atom is -0.300 e. The van der Waals surface area contributed by atoms with E-state index in [0.717, 1.165) is 25.9 Å². The predicted molar refractivity (Wildman–Crippen MR) is 63.2 cm³/mol. The van der Waals surface area contributed by atoms with Crippen molar-refractivity contribution < 1.29 is 4.79 Å². The van der Waals surface area contributed by atoms with Crippen molar-refractivity contribution in [3.63, 3.8) is 0 Å². The van der Waals surface area contributed by atoms with E-state index in [1.165, 1.54) is 5.56 Å². The van der Waals surface area contributed by atoms with E-state index in [0.29, 0.717) is 18.2 Å². The van der Waals surface area contributed by atoms with Crippen molar-refractivity contribution >= 4 is 5.78 Å². The van der Waals surface area contributed by atoms with E-state index < -0.39 is 0 Å². The first-order valence-corrected chi connectivity index (χ1v) is 5.90. The van der Waals surface area contributed by atoms with Gasteiger partial charge in [0.25, 0.3) is 0 Å². The van der Waals surface area contributed by atoms with Crippen LogP contribution in [0.1, 0.15) is 25.3 Å². The van der Waals surface area contributed by atoms with Gasteiger partial charge in [-0.25, -0.2) is 0 Å². The number of hydrogen-bond donors (Lipinski definition) is 0. The Morgan fingerprint density at radius 3 is 3.12 bits per heavy atom. The predicted octanol–water partition coefficient (Wildman–Crippen LogP) is 1.68. The highest BCUT2D eigenvalue weighted by Crippen LogP contribution is 2.14. The third kappa shape index (κ3) is 2.89. The number of rotatable bonds is 3. The van der Waals surface area contributed by atoms with Crippen molar-refractivity contribution in [1.82, 2.24) is 9.88 Å². The van der Waals surface area contributed by atoms with Crippen molar-refractivity contribution in [2.24, 2.45) is 0 Å². The molecule has 0 aromatic carbocycles. The largest absolute Gasteiger partial charge is 0.300 e. The number of pyridine rings is 1. The second kappa shape index (κ2) is 5.21. The van der Waals surface area contributed by atoms with E-state index in [-0.39, 0.29) is 0 Å². The van der Waals surface area contributed by atoms with E-state index in [1.54, 1.807) is 6.20 Å². The molecule has 1 aromatic rings. The topological polar surface area (TPSA) is 33.2 Å². The van der Waals surface area contributed by atoms with E-state index in [2.05, 4.69) is 22.9 Å². The zero-order valence-electron chi connectivity index (χ0n) is 9.72. The summed E-state index contributed by atoms with van der Waals surface area (Å²) in [5.41, 5.74) is 1.27. The van der Waals surface area contributed by atoms with Crippen LogP contribution < -0.4 is 0 Å². The summed E-state index contributed by atoms with van der Waals surface area (Å²) in [7, 11) is 0. The average molecular weight is 218 g/mol. The number of hydrogen-bond acceptors (Lipinski definition) is 3. The molecule has 1 fully saturated rings. The van der Waals surface area contributed by atoms with E-state index in [4.69, 9.17) is 0 Å². The molecule has 0 aliphatic carbocycles. The summed E-state index contributed by atoms with van der Waals surface area (Å²) < 4.78 is 0. The van der Waals surface area contributed by atoms with Gasteiger partial charge in [-0.1, -0.05) is 6.07 Å². The van der Waals surface area contributed by atoms with Gasteiger partial charge in [0.05, 0.1) is 0 Å². The molecule has 0 bridgehead atoms. The van der Waals surface area contributed by atoms with E-state index >= 15 is 0 Å². The van der Waals surface area contributed by atoms with Crippen molar-refractivity contribution in [2.45, 2.75) is 32.2 Å². The van der Waals surface area contributed by atoms with Gasteiger partial charge in [-0.15, -0.1) is 0 Å². The summed E-state index contributed by atoms with van der Waals surface area (Å²) in [5.74, 6) is 0.408. The molecule has 0 amide bonds. The molecule has 0 saturated carbocycles. The molecule has 2 rings (SSSR count). The molecule has 3 nitrogen and oxygen atoms in total. The lowest BCUT2D eigenvalue weighted by molar-refractivity contribution is -0.122. The quantitative estimate of drug-likeness (QED) is 0.774. The summed E-state index contributed by atoms with van der Waals surface area (Å²) in [4.78, 5) is 17.8. The molecular formula is C13H18N2O. The maximum Gasteiger partial charge on any atom is 0.135 e. The summed E-state index contributed by atoms with van der Waals surface area (Å²) in [6.07, 6.45) is 6.17. The van der Waals surface area contributed by atoms with Crippen LogP contribution in [-0.4, -0.2) is 34.8 Å². The Kier molecular flexibility index (Phi) is 3.67. The van der Waals surface area contributed by atoms with Gasteiger partial charge < -0.3 is 0 Å². The van der Waals surface area contributed by atoms with Crippen LogP contribution in [-0.2, 0) is 11.2 Å². The number of piperidine rings is 1. The lowest BCUT2D eigenvalue weighted by Crippen LogP contribution is -2.41. The molecular weight excluding hydrogens is 200 g/mol. The highest BCUT2D eigenvalue weighted by atomic mass is 16.1. The van der Waals surface area contributed by atoms with Gasteiger partial charge in [-0.05, 0) is 25.0 Å². The second-order valence-corrected chi connectivity index (χ2v) is 4.49. The number of likely N-dealkylation sites (tertiary alicyclic amines) is 1. The molecule has 3 heteroatoms. The summed E-state index contributed by atoms with van der Waals surface area (Å²) in [5, 5.41) is 0. The fourth-order valence-electron chi connectivity index (χ4n) is 2.20. The van der Waals surface area contributed by atoms with Gasteiger partial charge in [0, 0.05) is 44.4 Å². The van der Waals surface area contributed by atoms with Crippen LogP contribution in [0.2, 0.25) is 0 Å². The Labute approximate surface area is 96.5 Å². The van der Waals surface area contributed by atoms with Crippen LogP contribution in [0.25, 0.3) is 0 Å². The Hall–Kier alpha value is -1.22. The molecule has 0 radical (unpaired) electrons. The smallest absolute Gasteiger partial charge is 0.135 e. The first-order chi connectivity index (χ1) is 7.75. The SMILES string of the molecule is CC1CC(=O)CCN1CCc1cccnc1. The van der Waals surface area contributed by atoms with Gasteiger partial charge in [-0.3, -0.25) is 14.7 Å². The van der Waals surface area contributed by atoms with Crippen LogP contribution >= 0.6 is 0 Å². The molecule has 0 N–H and O–H groups in total. The normalized spacial score (nSPS) is 22.3. The maximum absolute atomic E-state index is 11.3. The second-order valence-electron chi connectivity index (χ2n) is 4.49. The number of ketones is 1. The molecule has 0 spiro atoms. The van der Waals surface area contributed by atoms with E-state index in [1.807, 2.05) is 12.3 Å². The third-order valence-electron chi connectivity index (χ3n) is 3.23. The Morgan fingerprint density at radius 1 is 1.56 bits per heavy atom. The summed E-state index contributed by atoms with van der Waals surface area (Å²) in [6.45, 7) is 4.08. The molecule has 16 heavy (non-hydrogen) atoms. The van der Waals surface area contributed by atoms with Crippen LogP contribution in [0.5, 0.6) is 0 Å². The van der Waals surface area contributed by atoms with Gasteiger partial charge in [0.1, 0.15) is 5.78 Å². The molecule has 1 aliphatic rings. The van der Waals surface area contributed by atoms with Crippen LogP contribution in [0.4, 0.5) is 0 Å². The van der Waals surface area contributed by atoms with E-state index in [9.17, 15) is 4.79 Å². The molecule has 1 aliphatic heterocycles. The molecule has 1 saturated heterocycles. The minimum atomic E-state index is 0.401. The molecule has 2 heterocycles. The third-order valence-corrected chi connectivity index (χ3v) is 3.23. The van der Waals surface area contributed by atoms with Gasteiger partial charge in [0.2, 0.25) is 0 Å². The van der Waals surface area contributed by atoms with Crippen molar-refractivity contribution in [1.29, 1.82) is 0 Å². The minimum absolute atomic E-state index is 0.401. The zero-order valence-corrected chi connectivity index (χ0v) is 9.72. The lowest BCUT2D eigenvalue weighted by atomic mass is 10.0.